The van der Waals surface area contributed by atoms with Crippen molar-refractivity contribution in [2.45, 2.75) is 6.92 Å². The van der Waals surface area contributed by atoms with Crippen molar-refractivity contribution in [3.8, 4) is 5.75 Å². The molecule has 0 unspecified atom stereocenters. The monoisotopic (exact) mass is 458 g/mol. The molecule has 0 radical (unpaired) electrons. The smallest absolute Gasteiger partial charge is 0.282 e. The molecule has 158 valence electrons. The van der Waals surface area contributed by atoms with Crippen LogP contribution >= 0.6 is 22.9 Å². The van der Waals surface area contributed by atoms with E-state index in [1.54, 1.807) is 18.1 Å². The second kappa shape index (κ2) is 8.26. The largest absolute Gasteiger partial charge is 0.497 e. The van der Waals surface area contributed by atoms with Gasteiger partial charge in [-0.2, -0.15) is 0 Å². The Morgan fingerprint density at radius 1 is 1.03 bits per heavy atom. The van der Waals surface area contributed by atoms with Crippen LogP contribution in [0.1, 0.15) is 16.0 Å². The van der Waals surface area contributed by atoms with Crippen LogP contribution in [-0.2, 0) is 4.79 Å². The summed E-state index contributed by atoms with van der Waals surface area (Å²) < 4.78 is 6.28. The molecule has 1 amide bonds. The van der Waals surface area contributed by atoms with Gasteiger partial charge in [-0.1, -0.05) is 54.1 Å². The summed E-state index contributed by atoms with van der Waals surface area (Å²) in [7, 11) is 1.62. The Balaban J connectivity index is 1.66. The number of carbonyl (C=O) groups excluding carboxylic acids is 1. The van der Waals surface area contributed by atoms with Crippen LogP contribution in [0.2, 0.25) is 5.02 Å². The van der Waals surface area contributed by atoms with Gasteiger partial charge < -0.3 is 4.74 Å². The van der Waals surface area contributed by atoms with Crippen molar-refractivity contribution in [2.75, 3.05) is 12.0 Å². The van der Waals surface area contributed by atoms with Crippen molar-refractivity contribution in [1.29, 1.82) is 0 Å². The minimum Gasteiger partial charge on any atom is -0.497 e. The summed E-state index contributed by atoms with van der Waals surface area (Å²) in [4.78, 5) is 20.7. The second-order valence-electron chi connectivity index (χ2n) is 7.46. The summed E-state index contributed by atoms with van der Waals surface area (Å²) in [5.41, 5.74) is 3.05. The van der Waals surface area contributed by atoms with E-state index in [4.69, 9.17) is 21.3 Å². The Labute approximate surface area is 195 Å². The maximum Gasteiger partial charge on any atom is 0.282 e. The lowest BCUT2D eigenvalue weighted by molar-refractivity contribution is -0.113. The summed E-state index contributed by atoms with van der Waals surface area (Å²) >= 11 is 8.31. The molecule has 2 heterocycles. The highest BCUT2D eigenvalue weighted by Gasteiger charge is 2.35. The molecular weight excluding hydrogens is 440 g/mol. The molecule has 1 aromatic heterocycles. The van der Waals surface area contributed by atoms with Crippen molar-refractivity contribution in [1.82, 2.24) is 0 Å². The van der Waals surface area contributed by atoms with Crippen molar-refractivity contribution in [3.63, 3.8) is 0 Å². The molecule has 0 saturated carbocycles. The number of aryl methyl sites for hydroxylation is 1. The Morgan fingerprint density at radius 2 is 1.81 bits per heavy atom. The highest BCUT2D eigenvalue weighted by atomic mass is 35.5. The fraction of sp³-hybridized carbons (Fsp3) is 0.0769. The number of amidine groups is 1. The standard InChI is InChI=1S/C26H19ClN2O2S/c1-16-6-5-7-18(14-16)29-25(24-23(27)20-8-3-4-9-22(20)32-24)28-21(26(29)30)15-17-10-12-19(31-2)13-11-17/h3-15H,1-2H3/b21-15+. The minimum atomic E-state index is -0.185. The van der Waals surface area contributed by atoms with E-state index < -0.39 is 0 Å². The average Bonchev–Trinajstić information content (AvgIpc) is 3.31. The van der Waals surface area contributed by atoms with E-state index in [0.29, 0.717) is 16.6 Å². The molecule has 3 aromatic carbocycles. The van der Waals surface area contributed by atoms with Crippen molar-refractivity contribution >= 4 is 56.5 Å². The normalized spacial score (nSPS) is 15.0. The number of hydrogen-bond acceptors (Lipinski definition) is 4. The van der Waals surface area contributed by atoms with Crippen LogP contribution in [0.5, 0.6) is 5.75 Å². The summed E-state index contributed by atoms with van der Waals surface area (Å²) in [5, 5.41) is 1.57. The van der Waals surface area contributed by atoms with Crippen molar-refractivity contribution in [2.24, 2.45) is 4.99 Å². The summed E-state index contributed by atoms with van der Waals surface area (Å²) in [6, 6.07) is 23.3. The first kappa shape index (κ1) is 20.5. The summed E-state index contributed by atoms with van der Waals surface area (Å²) in [6.07, 6.45) is 1.79. The van der Waals surface area contributed by atoms with E-state index >= 15 is 0 Å². The molecule has 1 aliphatic heterocycles. The van der Waals surface area contributed by atoms with Gasteiger partial charge in [0.15, 0.2) is 5.84 Å². The fourth-order valence-corrected chi connectivity index (χ4v) is 5.19. The molecule has 0 bridgehead atoms. The third-order valence-corrected chi connectivity index (χ3v) is 6.95. The van der Waals surface area contributed by atoms with E-state index in [2.05, 4.69) is 0 Å². The lowest BCUT2D eigenvalue weighted by Gasteiger charge is -2.18. The number of hydrogen-bond donors (Lipinski definition) is 0. The number of amides is 1. The number of methoxy groups -OCH3 is 1. The summed E-state index contributed by atoms with van der Waals surface area (Å²) in [5.74, 6) is 1.12. The van der Waals surface area contributed by atoms with Crippen molar-refractivity contribution in [3.05, 3.63) is 99.5 Å². The van der Waals surface area contributed by atoms with Gasteiger partial charge in [-0.05, 0) is 54.5 Å². The van der Waals surface area contributed by atoms with Crippen LogP contribution in [-0.4, -0.2) is 18.9 Å². The molecule has 0 N–H and O–H groups in total. The van der Waals surface area contributed by atoms with Gasteiger partial charge in [0.25, 0.3) is 5.91 Å². The van der Waals surface area contributed by atoms with Gasteiger partial charge in [0.1, 0.15) is 11.4 Å². The van der Waals surface area contributed by atoms with Gasteiger partial charge in [0.2, 0.25) is 0 Å². The number of rotatable bonds is 4. The second-order valence-corrected chi connectivity index (χ2v) is 8.89. The number of nitrogens with zero attached hydrogens (tertiary/aromatic N) is 2. The first-order valence-corrected chi connectivity index (χ1v) is 11.3. The first-order valence-electron chi connectivity index (χ1n) is 10.1. The number of halogens is 1. The predicted octanol–water partition coefficient (Wildman–Crippen LogP) is 6.71. The van der Waals surface area contributed by atoms with Crippen LogP contribution in [0.3, 0.4) is 0 Å². The molecule has 5 rings (SSSR count). The molecule has 4 aromatic rings. The van der Waals surface area contributed by atoms with E-state index in [-0.39, 0.29) is 5.91 Å². The van der Waals surface area contributed by atoms with Crippen molar-refractivity contribution < 1.29 is 9.53 Å². The lowest BCUT2D eigenvalue weighted by atomic mass is 10.1. The van der Waals surface area contributed by atoms with Crippen LogP contribution < -0.4 is 9.64 Å². The number of aliphatic imine (C=N–C) groups is 1. The Morgan fingerprint density at radius 3 is 2.53 bits per heavy atom. The third kappa shape index (κ3) is 3.60. The zero-order valence-corrected chi connectivity index (χ0v) is 19.1. The number of benzene rings is 3. The van der Waals surface area contributed by atoms with E-state index in [0.717, 1.165) is 37.5 Å². The summed E-state index contributed by atoms with van der Waals surface area (Å²) in [6.45, 7) is 2.00. The number of thiophene rings is 1. The third-order valence-electron chi connectivity index (χ3n) is 5.28. The Hall–Kier alpha value is -3.41. The maximum atomic E-state index is 13.5. The minimum absolute atomic E-state index is 0.185. The van der Waals surface area contributed by atoms with Gasteiger partial charge in [0.05, 0.1) is 22.7 Å². The number of anilines is 1. The quantitative estimate of drug-likeness (QED) is 0.319. The highest BCUT2D eigenvalue weighted by Crippen LogP contribution is 2.39. The van der Waals surface area contributed by atoms with Crippen LogP contribution in [0.25, 0.3) is 16.2 Å². The molecule has 32 heavy (non-hydrogen) atoms. The topological polar surface area (TPSA) is 41.9 Å². The number of ether oxygens (including phenoxy) is 1. The molecule has 0 fully saturated rings. The van der Waals surface area contributed by atoms with Crippen LogP contribution in [0, 0.1) is 6.92 Å². The molecule has 0 aliphatic carbocycles. The SMILES string of the molecule is COc1ccc(/C=C2/N=C(c3sc4ccccc4c3Cl)N(c3cccc(C)c3)C2=O)cc1. The fourth-order valence-electron chi connectivity index (χ4n) is 3.69. The van der Waals surface area contributed by atoms with E-state index in [1.165, 1.54) is 11.3 Å². The van der Waals surface area contributed by atoms with Crippen LogP contribution in [0.4, 0.5) is 5.69 Å². The molecule has 1 aliphatic rings. The zero-order chi connectivity index (χ0) is 22.2. The zero-order valence-electron chi connectivity index (χ0n) is 17.5. The molecule has 4 nitrogen and oxygen atoms in total. The highest BCUT2D eigenvalue weighted by molar-refractivity contribution is 7.21. The molecular formula is C26H19ClN2O2S. The molecule has 0 spiro atoms. The van der Waals surface area contributed by atoms with E-state index in [9.17, 15) is 4.79 Å². The van der Waals surface area contributed by atoms with E-state index in [1.807, 2.05) is 79.7 Å². The number of carbonyl (C=O) groups is 1. The number of fused-ring (bicyclic) bond motifs is 1. The maximum absolute atomic E-state index is 13.5. The average molecular weight is 459 g/mol. The molecule has 0 atom stereocenters. The first-order chi connectivity index (χ1) is 15.5. The van der Waals surface area contributed by atoms with Gasteiger partial charge in [0, 0.05) is 10.1 Å². The van der Waals surface area contributed by atoms with Gasteiger partial charge in [-0.3, -0.25) is 9.69 Å². The lowest BCUT2D eigenvalue weighted by Crippen LogP contribution is -2.32. The Kier molecular flexibility index (Phi) is 5.29. The Bertz CT molecular complexity index is 1400. The van der Waals surface area contributed by atoms with Gasteiger partial charge >= 0.3 is 0 Å². The molecule has 6 heteroatoms. The van der Waals surface area contributed by atoms with Gasteiger partial charge in [-0.15, -0.1) is 11.3 Å². The van der Waals surface area contributed by atoms with Crippen LogP contribution in [0.15, 0.2) is 83.5 Å². The predicted molar refractivity (Wildman–Crippen MR) is 133 cm³/mol. The molecule has 0 saturated heterocycles. The van der Waals surface area contributed by atoms with Gasteiger partial charge in [-0.25, -0.2) is 4.99 Å².